The molecule has 0 saturated heterocycles. The van der Waals surface area contributed by atoms with Crippen molar-refractivity contribution >= 4 is 11.7 Å². The quantitative estimate of drug-likeness (QED) is 0.689. The predicted octanol–water partition coefficient (Wildman–Crippen LogP) is 4.46. The van der Waals surface area contributed by atoms with Gasteiger partial charge in [0, 0.05) is 6.20 Å². The molecule has 1 amide bonds. The SMILES string of the molecule is Cc1cccnc1NC(=O)C(C)Oc1ccc(Oc2ccc(C#N)cc2)cc1. The number of aromatic nitrogens is 1. The van der Waals surface area contributed by atoms with Crippen molar-refractivity contribution in [3.05, 3.63) is 78.0 Å². The van der Waals surface area contributed by atoms with Gasteiger partial charge in [-0.15, -0.1) is 0 Å². The van der Waals surface area contributed by atoms with Gasteiger partial charge in [-0.25, -0.2) is 4.98 Å². The topological polar surface area (TPSA) is 84.2 Å². The fraction of sp³-hybridized carbons (Fsp3) is 0.136. The van der Waals surface area contributed by atoms with Gasteiger partial charge >= 0.3 is 0 Å². The number of nitrogens with zero attached hydrogens (tertiary/aromatic N) is 2. The van der Waals surface area contributed by atoms with E-state index in [9.17, 15) is 4.79 Å². The van der Waals surface area contributed by atoms with E-state index >= 15 is 0 Å². The van der Waals surface area contributed by atoms with Gasteiger partial charge in [-0.05, 0) is 74.0 Å². The Morgan fingerprint density at radius 3 is 2.25 bits per heavy atom. The van der Waals surface area contributed by atoms with E-state index in [0.29, 0.717) is 28.6 Å². The second kappa shape index (κ2) is 8.69. The lowest BCUT2D eigenvalue weighted by Crippen LogP contribution is -2.30. The first-order valence-electron chi connectivity index (χ1n) is 8.72. The monoisotopic (exact) mass is 373 g/mol. The average Bonchev–Trinajstić information content (AvgIpc) is 2.71. The van der Waals surface area contributed by atoms with Gasteiger partial charge in [0.1, 0.15) is 23.1 Å². The van der Waals surface area contributed by atoms with Gasteiger partial charge in [0.2, 0.25) is 0 Å². The zero-order chi connectivity index (χ0) is 19.9. The van der Waals surface area contributed by atoms with Crippen molar-refractivity contribution in [2.24, 2.45) is 0 Å². The van der Waals surface area contributed by atoms with Gasteiger partial charge in [0.05, 0.1) is 11.6 Å². The van der Waals surface area contributed by atoms with Crippen LogP contribution in [0.4, 0.5) is 5.82 Å². The number of pyridine rings is 1. The second-order valence-corrected chi connectivity index (χ2v) is 6.13. The number of rotatable bonds is 6. The summed E-state index contributed by atoms with van der Waals surface area (Å²) in [7, 11) is 0. The number of aryl methyl sites for hydroxylation is 1. The van der Waals surface area contributed by atoms with Gasteiger partial charge in [-0.3, -0.25) is 4.79 Å². The molecule has 28 heavy (non-hydrogen) atoms. The van der Waals surface area contributed by atoms with Crippen LogP contribution in [0, 0.1) is 18.3 Å². The third-order valence-corrected chi connectivity index (χ3v) is 3.98. The van der Waals surface area contributed by atoms with Crippen molar-refractivity contribution < 1.29 is 14.3 Å². The lowest BCUT2D eigenvalue weighted by molar-refractivity contribution is -0.122. The van der Waals surface area contributed by atoms with Crippen LogP contribution in [0.25, 0.3) is 0 Å². The van der Waals surface area contributed by atoms with E-state index in [4.69, 9.17) is 14.7 Å². The minimum Gasteiger partial charge on any atom is -0.481 e. The molecule has 0 aliphatic carbocycles. The minimum atomic E-state index is -0.688. The molecule has 1 unspecified atom stereocenters. The smallest absolute Gasteiger partial charge is 0.266 e. The van der Waals surface area contributed by atoms with Gasteiger partial charge in [0.25, 0.3) is 5.91 Å². The Labute approximate surface area is 163 Å². The summed E-state index contributed by atoms with van der Waals surface area (Å²) in [6, 6.07) is 19.6. The van der Waals surface area contributed by atoms with Crippen molar-refractivity contribution in [2.75, 3.05) is 5.32 Å². The van der Waals surface area contributed by atoms with E-state index in [1.807, 2.05) is 19.1 Å². The molecule has 0 bridgehead atoms. The molecule has 6 nitrogen and oxygen atoms in total. The Hall–Kier alpha value is -3.85. The normalized spacial score (nSPS) is 11.2. The van der Waals surface area contributed by atoms with E-state index in [2.05, 4.69) is 16.4 Å². The molecule has 1 atom stereocenters. The van der Waals surface area contributed by atoms with Crippen LogP contribution in [0.1, 0.15) is 18.1 Å². The molecule has 0 fully saturated rings. The molecular weight excluding hydrogens is 354 g/mol. The molecule has 0 aliphatic rings. The lowest BCUT2D eigenvalue weighted by atomic mass is 10.2. The maximum Gasteiger partial charge on any atom is 0.266 e. The van der Waals surface area contributed by atoms with Crippen molar-refractivity contribution in [1.29, 1.82) is 5.26 Å². The third-order valence-electron chi connectivity index (χ3n) is 3.98. The maximum absolute atomic E-state index is 12.3. The summed E-state index contributed by atoms with van der Waals surface area (Å²) in [5, 5.41) is 11.6. The van der Waals surface area contributed by atoms with Gasteiger partial charge in [-0.1, -0.05) is 6.07 Å². The fourth-order valence-electron chi connectivity index (χ4n) is 2.41. The maximum atomic E-state index is 12.3. The number of anilines is 1. The highest BCUT2D eigenvalue weighted by atomic mass is 16.5. The summed E-state index contributed by atoms with van der Waals surface area (Å²) in [5.41, 5.74) is 1.46. The molecule has 1 aromatic heterocycles. The fourth-order valence-corrected chi connectivity index (χ4v) is 2.41. The van der Waals surface area contributed by atoms with Crippen LogP contribution in [-0.2, 0) is 4.79 Å². The molecule has 0 saturated carbocycles. The molecule has 1 N–H and O–H groups in total. The summed E-state index contributed by atoms with van der Waals surface area (Å²) < 4.78 is 11.4. The third kappa shape index (κ3) is 4.86. The lowest BCUT2D eigenvalue weighted by Gasteiger charge is -2.15. The molecule has 140 valence electrons. The summed E-state index contributed by atoms with van der Waals surface area (Å²) in [5.74, 6) is 2.05. The van der Waals surface area contributed by atoms with Crippen LogP contribution in [0.15, 0.2) is 66.9 Å². The van der Waals surface area contributed by atoms with Crippen LogP contribution in [0.2, 0.25) is 0 Å². The molecule has 3 aromatic rings. The standard InChI is InChI=1S/C22H19N3O3/c1-15-4-3-13-24-21(15)25-22(26)16(2)27-18-9-11-20(12-10-18)28-19-7-5-17(14-23)6-8-19/h3-13,16H,1-2H3,(H,24,25,26). The number of benzene rings is 2. The number of nitriles is 1. The number of hydrogen-bond donors (Lipinski definition) is 1. The highest BCUT2D eigenvalue weighted by molar-refractivity contribution is 5.93. The van der Waals surface area contributed by atoms with Crippen LogP contribution in [-0.4, -0.2) is 17.0 Å². The van der Waals surface area contributed by atoms with Crippen molar-refractivity contribution in [3.8, 4) is 23.3 Å². The minimum absolute atomic E-state index is 0.278. The molecular formula is C22H19N3O3. The number of amides is 1. The zero-order valence-electron chi connectivity index (χ0n) is 15.5. The van der Waals surface area contributed by atoms with Crippen molar-refractivity contribution in [2.45, 2.75) is 20.0 Å². The van der Waals surface area contributed by atoms with Gasteiger partial charge in [-0.2, -0.15) is 5.26 Å². The summed E-state index contributed by atoms with van der Waals surface area (Å²) in [6.07, 6.45) is 0.937. The molecule has 0 aliphatic heterocycles. The van der Waals surface area contributed by atoms with Gasteiger partial charge in [0.15, 0.2) is 6.10 Å². The number of hydrogen-bond acceptors (Lipinski definition) is 5. The largest absolute Gasteiger partial charge is 0.481 e. The Balaban J connectivity index is 1.57. The molecule has 1 heterocycles. The molecule has 2 aromatic carbocycles. The average molecular weight is 373 g/mol. The zero-order valence-corrected chi connectivity index (χ0v) is 15.5. The number of nitrogens with one attached hydrogen (secondary N) is 1. The summed E-state index contributed by atoms with van der Waals surface area (Å²) >= 11 is 0. The first-order valence-corrected chi connectivity index (χ1v) is 8.72. The second-order valence-electron chi connectivity index (χ2n) is 6.13. The van der Waals surface area contributed by atoms with E-state index in [-0.39, 0.29) is 5.91 Å². The molecule has 0 radical (unpaired) electrons. The first-order chi connectivity index (χ1) is 13.5. The predicted molar refractivity (Wildman–Crippen MR) is 105 cm³/mol. The highest BCUT2D eigenvalue weighted by Gasteiger charge is 2.16. The number of carbonyl (C=O) groups is 1. The van der Waals surface area contributed by atoms with Gasteiger partial charge < -0.3 is 14.8 Å². The van der Waals surface area contributed by atoms with Crippen molar-refractivity contribution in [1.82, 2.24) is 4.98 Å². The molecule has 6 heteroatoms. The van der Waals surface area contributed by atoms with Crippen LogP contribution in [0.5, 0.6) is 17.2 Å². The first kappa shape index (κ1) is 18.9. The van der Waals surface area contributed by atoms with Crippen molar-refractivity contribution in [3.63, 3.8) is 0 Å². The van der Waals surface area contributed by atoms with E-state index in [1.54, 1.807) is 61.7 Å². The van der Waals surface area contributed by atoms with Crippen LogP contribution in [0.3, 0.4) is 0 Å². The molecule has 3 rings (SSSR count). The van der Waals surface area contributed by atoms with Crippen LogP contribution >= 0.6 is 0 Å². The summed E-state index contributed by atoms with van der Waals surface area (Å²) in [6.45, 7) is 3.55. The Morgan fingerprint density at radius 1 is 1.04 bits per heavy atom. The summed E-state index contributed by atoms with van der Waals surface area (Å²) in [4.78, 5) is 16.5. The Bertz CT molecular complexity index is 993. The highest BCUT2D eigenvalue weighted by Crippen LogP contribution is 2.24. The Kier molecular flexibility index (Phi) is 5.87. The van der Waals surface area contributed by atoms with Crippen LogP contribution < -0.4 is 14.8 Å². The number of ether oxygens (including phenoxy) is 2. The molecule has 0 spiro atoms. The number of carbonyl (C=O) groups excluding carboxylic acids is 1. The Morgan fingerprint density at radius 2 is 1.64 bits per heavy atom. The van der Waals surface area contributed by atoms with E-state index < -0.39 is 6.10 Å². The van der Waals surface area contributed by atoms with E-state index in [1.165, 1.54) is 0 Å². The van der Waals surface area contributed by atoms with E-state index in [0.717, 1.165) is 5.56 Å².